The molecule has 0 saturated heterocycles. The van der Waals surface area contributed by atoms with Gasteiger partial charge in [0.15, 0.2) is 0 Å². The van der Waals surface area contributed by atoms with E-state index in [9.17, 15) is 9.59 Å². The summed E-state index contributed by atoms with van der Waals surface area (Å²) in [5, 5.41) is 5.70. The van der Waals surface area contributed by atoms with Crippen LogP contribution in [0.3, 0.4) is 0 Å². The molecule has 2 amide bonds. The minimum absolute atomic E-state index is 0.179. The summed E-state index contributed by atoms with van der Waals surface area (Å²) in [4.78, 5) is 30.9. The lowest BCUT2D eigenvalue weighted by Crippen LogP contribution is -2.34. The summed E-state index contributed by atoms with van der Waals surface area (Å²) in [5.74, 6) is 0. The van der Waals surface area contributed by atoms with Gasteiger partial charge in [-0.25, -0.2) is 4.79 Å². The average Bonchev–Trinajstić information content (AvgIpc) is 2.63. The molecular formula is C20H20N4O2. The second-order valence-electron chi connectivity index (χ2n) is 6.10. The number of carbonyl (C=O) groups excluding carboxylic acids is 1. The normalized spacial score (nSPS) is 11.6. The average molecular weight is 348 g/mol. The van der Waals surface area contributed by atoms with Crippen LogP contribution in [0.1, 0.15) is 28.4 Å². The molecule has 0 bridgehead atoms. The number of carbonyl (C=O) groups is 1. The van der Waals surface area contributed by atoms with Gasteiger partial charge in [0.2, 0.25) is 0 Å². The maximum Gasteiger partial charge on any atom is 0.320 e. The predicted octanol–water partition coefficient (Wildman–Crippen LogP) is 3.30. The highest BCUT2D eigenvalue weighted by Gasteiger charge is 2.18. The highest BCUT2D eigenvalue weighted by atomic mass is 16.2. The lowest BCUT2D eigenvalue weighted by atomic mass is 10.0. The summed E-state index contributed by atoms with van der Waals surface area (Å²) >= 11 is 0. The van der Waals surface area contributed by atoms with Crippen molar-refractivity contribution in [3.8, 4) is 0 Å². The van der Waals surface area contributed by atoms with Crippen LogP contribution in [0, 0.1) is 13.8 Å². The van der Waals surface area contributed by atoms with Gasteiger partial charge in [-0.2, -0.15) is 0 Å². The van der Waals surface area contributed by atoms with Gasteiger partial charge in [-0.3, -0.25) is 9.78 Å². The first-order chi connectivity index (χ1) is 12.5. The monoisotopic (exact) mass is 348 g/mol. The fourth-order valence-corrected chi connectivity index (χ4v) is 2.69. The Bertz CT molecular complexity index is 967. The van der Waals surface area contributed by atoms with E-state index in [-0.39, 0.29) is 17.6 Å². The van der Waals surface area contributed by atoms with Gasteiger partial charge in [0, 0.05) is 18.0 Å². The maximum atomic E-state index is 12.5. The number of aromatic nitrogens is 2. The number of H-pyrrole nitrogens is 1. The number of nitrogens with one attached hydrogen (secondary N) is 3. The standard InChI is InChI=1S/C20H20N4O2/c1-13-6-5-7-15(10-13)18(17-8-3-4-9-21-17)24-20(26)23-16-11-14(2)19(25)22-12-16/h3-12,18H,1-2H3,(H,22,25)(H2,23,24,26)/t18-/m1/s1. The quantitative estimate of drug-likeness (QED) is 0.676. The summed E-state index contributed by atoms with van der Waals surface area (Å²) < 4.78 is 0. The first kappa shape index (κ1) is 17.4. The van der Waals surface area contributed by atoms with Gasteiger partial charge in [0.1, 0.15) is 0 Å². The number of pyridine rings is 2. The van der Waals surface area contributed by atoms with E-state index in [2.05, 4.69) is 20.6 Å². The molecule has 1 atom stereocenters. The molecule has 0 fully saturated rings. The lowest BCUT2D eigenvalue weighted by molar-refractivity contribution is 0.250. The van der Waals surface area contributed by atoms with E-state index in [1.807, 2.05) is 49.4 Å². The van der Waals surface area contributed by atoms with Crippen LogP contribution in [0.25, 0.3) is 0 Å². The minimum Gasteiger partial charge on any atom is -0.327 e. The molecule has 0 unspecified atom stereocenters. The Balaban J connectivity index is 1.84. The molecule has 6 heteroatoms. The number of amides is 2. The van der Waals surface area contributed by atoms with Gasteiger partial charge in [-0.1, -0.05) is 35.9 Å². The fraction of sp³-hybridized carbons (Fsp3) is 0.150. The van der Waals surface area contributed by atoms with E-state index in [0.29, 0.717) is 11.3 Å². The van der Waals surface area contributed by atoms with Crippen LogP contribution >= 0.6 is 0 Å². The van der Waals surface area contributed by atoms with Gasteiger partial charge in [-0.15, -0.1) is 0 Å². The van der Waals surface area contributed by atoms with Gasteiger partial charge in [-0.05, 0) is 37.6 Å². The second-order valence-corrected chi connectivity index (χ2v) is 6.10. The van der Waals surface area contributed by atoms with E-state index >= 15 is 0 Å². The van der Waals surface area contributed by atoms with Crippen molar-refractivity contribution < 1.29 is 4.79 Å². The van der Waals surface area contributed by atoms with Crippen molar-refractivity contribution in [1.29, 1.82) is 0 Å². The predicted molar refractivity (Wildman–Crippen MR) is 101 cm³/mol. The second kappa shape index (κ2) is 7.65. The Kier molecular flexibility index (Phi) is 5.12. The minimum atomic E-state index is -0.389. The highest BCUT2D eigenvalue weighted by molar-refractivity contribution is 5.89. The van der Waals surface area contributed by atoms with Gasteiger partial charge in [0.25, 0.3) is 5.56 Å². The number of hydrogen-bond acceptors (Lipinski definition) is 3. The third-order valence-electron chi connectivity index (χ3n) is 3.98. The largest absolute Gasteiger partial charge is 0.327 e. The van der Waals surface area contributed by atoms with Gasteiger partial charge in [0.05, 0.1) is 17.4 Å². The van der Waals surface area contributed by atoms with E-state index in [1.54, 1.807) is 19.2 Å². The van der Waals surface area contributed by atoms with E-state index in [0.717, 1.165) is 16.8 Å². The summed E-state index contributed by atoms with van der Waals surface area (Å²) in [6.07, 6.45) is 3.17. The highest BCUT2D eigenvalue weighted by Crippen LogP contribution is 2.21. The van der Waals surface area contributed by atoms with Crippen LogP contribution in [-0.4, -0.2) is 16.0 Å². The molecule has 2 heterocycles. The number of hydrogen-bond donors (Lipinski definition) is 3. The molecule has 6 nitrogen and oxygen atoms in total. The number of benzene rings is 1. The Morgan fingerprint density at radius 1 is 1.12 bits per heavy atom. The van der Waals surface area contributed by atoms with Crippen LogP contribution in [0.15, 0.2) is 65.7 Å². The van der Waals surface area contributed by atoms with Crippen molar-refractivity contribution >= 4 is 11.7 Å². The lowest BCUT2D eigenvalue weighted by Gasteiger charge is -2.19. The van der Waals surface area contributed by atoms with Crippen LogP contribution in [0.5, 0.6) is 0 Å². The molecule has 3 N–H and O–H groups in total. The summed E-state index contributed by atoms with van der Waals surface area (Å²) in [6, 6.07) is 14.4. The van der Waals surface area contributed by atoms with E-state index in [4.69, 9.17) is 0 Å². The molecule has 0 radical (unpaired) electrons. The van der Waals surface area contributed by atoms with Crippen molar-refractivity contribution in [3.05, 3.63) is 93.7 Å². The smallest absolute Gasteiger partial charge is 0.320 e. The first-order valence-electron chi connectivity index (χ1n) is 8.27. The maximum absolute atomic E-state index is 12.5. The molecule has 0 aliphatic heterocycles. The Hall–Kier alpha value is -3.41. The third-order valence-corrected chi connectivity index (χ3v) is 3.98. The van der Waals surface area contributed by atoms with Crippen LogP contribution in [0.4, 0.5) is 10.5 Å². The fourth-order valence-electron chi connectivity index (χ4n) is 2.69. The number of anilines is 1. The Morgan fingerprint density at radius 3 is 2.65 bits per heavy atom. The van der Waals surface area contributed by atoms with Crippen LogP contribution < -0.4 is 16.2 Å². The Morgan fingerprint density at radius 2 is 1.96 bits per heavy atom. The summed E-state index contributed by atoms with van der Waals surface area (Å²) in [7, 11) is 0. The molecular weight excluding hydrogens is 328 g/mol. The zero-order valence-electron chi connectivity index (χ0n) is 14.6. The molecule has 3 aromatic rings. The number of nitrogens with zero attached hydrogens (tertiary/aromatic N) is 1. The van der Waals surface area contributed by atoms with Crippen molar-refractivity contribution in [2.75, 3.05) is 5.32 Å². The number of aryl methyl sites for hydroxylation is 2. The molecule has 0 spiro atoms. The molecule has 2 aromatic heterocycles. The molecule has 3 rings (SSSR count). The van der Waals surface area contributed by atoms with Crippen LogP contribution in [-0.2, 0) is 0 Å². The van der Waals surface area contributed by atoms with E-state index in [1.165, 1.54) is 6.20 Å². The number of urea groups is 1. The first-order valence-corrected chi connectivity index (χ1v) is 8.27. The molecule has 0 aliphatic carbocycles. The molecule has 26 heavy (non-hydrogen) atoms. The summed E-state index contributed by atoms with van der Waals surface area (Å²) in [6.45, 7) is 3.69. The van der Waals surface area contributed by atoms with Crippen molar-refractivity contribution in [1.82, 2.24) is 15.3 Å². The molecule has 0 aliphatic rings. The zero-order valence-corrected chi connectivity index (χ0v) is 14.6. The van der Waals surface area contributed by atoms with Crippen LogP contribution in [0.2, 0.25) is 0 Å². The Labute approximate surface area is 151 Å². The zero-order chi connectivity index (χ0) is 18.5. The third kappa shape index (κ3) is 4.16. The SMILES string of the molecule is Cc1cccc([C@@H](NC(=O)Nc2c[nH]c(=O)c(C)c2)c2ccccn2)c1. The van der Waals surface area contributed by atoms with Gasteiger partial charge >= 0.3 is 6.03 Å². The molecule has 1 aromatic carbocycles. The molecule has 0 saturated carbocycles. The van der Waals surface area contributed by atoms with Gasteiger partial charge < -0.3 is 15.6 Å². The van der Waals surface area contributed by atoms with Crippen molar-refractivity contribution in [3.63, 3.8) is 0 Å². The summed E-state index contributed by atoms with van der Waals surface area (Å²) in [5.41, 5.74) is 3.65. The van der Waals surface area contributed by atoms with Crippen molar-refractivity contribution in [2.45, 2.75) is 19.9 Å². The van der Waals surface area contributed by atoms with Crippen molar-refractivity contribution in [2.24, 2.45) is 0 Å². The number of rotatable bonds is 4. The topological polar surface area (TPSA) is 86.9 Å². The van der Waals surface area contributed by atoms with E-state index < -0.39 is 0 Å². The number of aromatic amines is 1. The molecule has 132 valence electrons.